The average Bonchev–Trinajstić information content (AvgIpc) is 3.26. The Hall–Kier alpha value is -0.123. The molecular formula is C20H33BrOSi. The van der Waals surface area contributed by atoms with Gasteiger partial charge in [0.15, 0.2) is 0 Å². The summed E-state index contributed by atoms with van der Waals surface area (Å²) in [5.74, 6) is 0.866. The van der Waals surface area contributed by atoms with Gasteiger partial charge in [0.2, 0.25) is 8.32 Å². The Labute approximate surface area is 152 Å². The molecule has 0 aliphatic heterocycles. The summed E-state index contributed by atoms with van der Waals surface area (Å²) in [7, 11) is -1.86. The zero-order valence-electron chi connectivity index (χ0n) is 15.6. The number of benzene rings is 1. The molecule has 0 amide bonds. The first kappa shape index (κ1) is 19.2. The van der Waals surface area contributed by atoms with Crippen LogP contribution in [0.15, 0.2) is 28.7 Å². The molecule has 1 aliphatic rings. The first-order valence-corrected chi connectivity index (χ1v) is 12.1. The summed E-state index contributed by atoms with van der Waals surface area (Å²) in [5.41, 5.74) is 3.24. The summed E-state index contributed by atoms with van der Waals surface area (Å²) in [5, 5.41) is 0. The standard InChI is InChI=1S/C20H33BrOSi/c1-14(2)23(15(3)4,16(5)6)22-20(13-17-11-12-17)18-9-7-8-10-19(18)21/h7-10,14-17,20H,11-13H2,1-6H3/t20-/m0/s1. The molecule has 2 rings (SSSR count). The van der Waals surface area contributed by atoms with Crippen molar-refractivity contribution in [1.29, 1.82) is 0 Å². The van der Waals surface area contributed by atoms with E-state index in [0.29, 0.717) is 16.6 Å². The van der Waals surface area contributed by atoms with Crippen molar-refractivity contribution in [1.82, 2.24) is 0 Å². The summed E-state index contributed by atoms with van der Waals surface area (Å²) in [6.45, 7) is 14.3. The quantitative estimate of drug-likeness (QED) is 0.413. The zero-order chi connectivity index (χ0) is 17.2. The molecule has 1 aliphatic carbocycles. The maximum atomic E-state index is 7.15. The van der Waals surface area contributed by atoms with Crippen LogP contribution in [0, 0.1) is 5.92 Å². The van der Waals surface area contributed by atoms with Crippen molar-refractivity contribution in [3.8, 4) is 0 Å². The molecule has 23 heavy (non-hydrogen) atoms. The number of halogens is 1. The first-order valence-electron chi connectivity index (χ1n) is 9.21. The molecule has 0 saturated heterocycles. The van der Waals surface area contributed by atoms with Gasteiger partial charge in [0.05, 0.1) is 6.10 Å². The van der Waals surface area contributed by atoms with Crippen LogP contribution < -0.4 is 0 Å². The van der Waals surface area contributed by atoms with Crippen LogP contribution in [0.3, 0.4) is 0 Å². The molecule has 0 bridgehead atoms. The van der Waals surface area contributed by atoms with Crippen molar-refractivity contribution in [2.24, 2.45) is 5.92 Å². The summed E-state index contributed by atoms with van der Waals surface area (Å²) in [6.07, 6.45) is 4.19. The molecule has 0 N–H and O–H groups in total. The summed E-state index contributed by atoms with van der Waals surface area (Å²) >= 11 is 3.76. The van der Waals surface area contributed by atoms with Crippen LogP contribution in [0.4, 0.5) is 0 Å². The monoisotopic (exact) mass is 396 g/mol. The van der Waals surface area contributed by atoms with E-state index >= 15 is 0 Å². The Morgan fingerprint density at radius 3 is 1.96 bits per heavy atom. The lowest BCUT2D eigenvalue weighted by Gasteiger charge is -2.45. The third kappa shape index (κ3) is 4.29. The Kier molecular flexibility index (Phi) is 6.55. The summed E-state index contributed by atoms with van der Waals surface area (Å²) < 4.78 is 8.35. The number of rotatable bonds is 8. The van der Waals surface area contributed by atoms with Crippen LogP contribution in [-0.2, 0) is 4.43 Å². The van der Waals surface area contributed by atoms with Gasteiger partial charge in [-0.2, -0.15) is 0 Å². The molecule has 1 aromatic carbocycles. The smallest absolute Gasteiger partial charge is 0.201 e. The molecule has 0 heterocycles. The highest BCUT2D eigenvalue weighted by Gasteiger charge is 2.47. The zero-order valence-corrected chi connectivity index (χ0v) is 18.2. The third-order valence-corrected chi connectivity index (χ3v) is 12.4. The minimum Gasteiger partial charge on any atom is -0.409 e. The molecule has 1 fully saturated rings. The van der Waals surface area contributed by atoms with Crippen LogP contribution in [0.1, 0.15) is 72.5 Å². The molecule has 130 valence electrons. The second-order valence-electron chi connectivity index (χ2n) is 8.12. The van der Waals surface area contributed by atoms with E-state index in [9.17, 15) is 0 Å². The molecule has 3 heteroatoms. The van der Waals surface area contributed by atoms with Gasteiger partial charge in [-0.15, -0.1) is 0 Å². The van der Waals surface area contributed by atoms with Crippen molar-refractivity contribution < 1.29 is 4.43 Å². The van der Waals surface area contributed by atoms with E-state index in [0.717, 1.165) is 5.92 Å². The van der Waals surface area contributed by atoms with Gasteiger partial charge in [0.25, 0.3) is 0 Å². The molecule has 0 unspecified atom stereocenters. The number of hydrogen-bond acceptors (Lipinski definition) is 1. The highest BCUT2D eigenvalue weighted by molar-refractivity contribution is 9.10. The predicted molar refractivity (Wildman–Crippen MR) is 106 cm³/mol. The minimum atomic E-state index is -1.86. The van der Waals surface area contributed by atoms with Gasteiger partial charge in [0.1, 0.15) is 0 Å². The number of hydrogen-bond donors (Lipinski definition) is 0. The minimum absolute atomic E-state index is 0.247. The van der Waals surface area contributed by atoms with Crippen LogP contribution in [0.2, 0.25) is 16.6 Å². The van der Waals surface area contributed by atoms with Crippen molar-refractivity contribution in [3.05, 3.63) is 34.3 Å². The second-order valence-corrected chi connectivity index (χ2v) is 14.4. The van der Waals surface area contributed by atoms with Crippen LogP contribution in [0.25, 0.3) is 0 Å². The van der Waals surface area contributed by atoms with E-state index in [2.05, 4.69) is 81.7 Å². The van der Waals surface area contributed by atoms with Gasteiger partial charge in [-0.05, 0) is 40.6 Å². The first-order chi connectivity index (χ1) is 10.8. The van der Waals surface area contributed by atoms with Crippen molar-refractivity contribution in [3.63, 3.8) is 0 Å². The molecule has 1 nitrogen and oxygen atoms in total. The third-order valence-electron chi connectivity index (χ3n) is 5.55. The van der Waals surface area contributed by atoms with E-state index in [1.54, 1.807) is 0 Å². The second kappa shape index (κ2) is 7.84. The van der Waals surface area contributed by atoms with E-state index in [-0.39, 0.29) is 6.10 Å². The molecule has 1 atom stereocenters. The van der Waals surface area contributed by atoms with Gasteiger partial charge in [-0.25, -0.2) is 0 Å². The van der Waals surface area contributed by atoms with E-state index in [1.807, 2.05) is 0 Å². The molecule has 0 aromatic heterocycles. The van der Waals surface area contributed by atoms with Gasteiger partial charge >= 0.3 is 0 Å². The Morgan fingerprint density at radius 1 is 1.00 bits per heavy atom. The van der Waals surface area contributed by atoms with Crippen molar-refractivity contribution in [2.45, 2.75) is 83.5 Å². The maximum Gasteiger partial charge on any atom is 0.201 e. The highest BCUT2D eigenvalue weighted by atomic mass is 79.9. The van der Waals surface area contributed by atoms with Crippen molar-refractivity contribution >= 4 is 24.2 Å². The SMILES string of the molecule is CC(C)[Si](O[C@@H](CC1CC1)c1ccccc1Br)(C(C)C)C(C)C. The Balaban J connectivity index is 2.36. The van der Waals surface area contributed by atoms with Crippen LogP contribution >= 0.6 is 15.9 Å². The summed E-state index contributed by atoms with van der Waals surface area (Å²) in [6, 6.07) is 8.64. The fourth-order valence-electron chi connectivity index (χ4n) is 4.29. The van der Waals surface area contributed by atoms with E-state index < -0.39 is 8.32 Å². The van der Waals surface area contributed by atoms with Crippen LogP contribution in [0.5, 0.6) is 0 Å². The molecule has 1 aromatic rings. The van der Waals surface area contributed by atoms with E-state index in [4.69, 9.17) is 4.43 Å². The average molecular weight is 397 g/mol. The lowest BCUT2D eigenvalue weighted by Crippen LogP contribution is -2.48. The predicted octanol–water partition coefficient (Wildman–Crippen LogP) is 7.48. The van der Waals surface area contributed by atoms with Gasteiger partial charge < -0.3 is 4.43 Å². The van der Waals surface area contributed by atoms with Gasteiger partial charge in [-0.3, -0.25) is 0 Å². The Morgan fingerprint density at radius 2 is 1.52 bits per heavy atom. The highest BCUT2D eigenvalue weighted by Crippen LogP contribution is 2.49. The largest absolute Gasteiger partial charge is 0.409 e. The molecular weight excluding hydrogens is 364 g/mol. The molecule has 0 radical (unpaired) electrons. The van der Waals surface area contributed by atoms with Gasteiger partial charge in [-0.1, -0.05) is 88.5 Å². The fraction of sp³-hybridized carbons (Fsp3) is 0.700. The lowest BCUT2D eigenvalue weighted by atomic mass is 10.0. The van der Waals surface area contributed by atoms with Crippen molar-refractivity contribution in [2.75, 3.05) is 0 Å². The lowest BCUT2D eigenvalue weighted by molar-refractivity contribution is 0.159. The maximum absolute atomic E-state index is 7.15. The normalized spacial score (nSPS) is 17.3. The van der Waals surface area contributed by atoms with Crippen LogP contribution in [-0.4, -0.2) is 8.32 Å². The van der Waals surface area contributed by atoms with Gasteiger partial charge in [0, 0.05) is 4.47 Å². The fourth-order valence-corrected chi connectivity index (χ4v) is 10.4. The Bertz CT molecular complexity index is 486. The molecule has 1 saturated carbocycles. The topological polar surface area (TPSA) is 9.23 Å². The molecule has 0 spiro atoms. The van der Waals surface area contributed by atoms with E-state index in [1.165, 1.54) is 29.3 Å². The summed E-state index contributed by atoms with van der Waals surface area (Å²) in [4.78, 5) is 0.